The van der Waals surface area contributed by atoms with Crippen molar-refractivity contribution in [2.45, 2.75) is 6.42 Å². The van der Waals surface area contributed by atoms with E-state index in [1.54, 1.807) is 29.8 Å². The summed E-state index contributed by atoms with van der Waals surface area (Å²) >= 11 is 1.55. The molecule has 4 heteroatoms. The van der Waals surface area contributed by atoms with Crippen LogP contribution in [-0.2, 0) is 6.42 Å². The molecule has 0 amide bonds. The van der Waals surface area contributed by atoms with Gasteiger partial charge in [0, 0.05) is 35.3 Å². The average molecular weight is 280 g/mol. The summed E-state index contributed by atoms with van der Waals surface area (Å²) in [4.78, 5) is 20.8. The first-order valence-electron chi connectivity index (χ1n) is 6.27. The van der Waals surface area contributed by atoms with Crippen LogP contribution in [0.2, 0.25) is 0 Å². The number of aromatic nitrogens is 2. The van der Waals surface area contributed by atoms with Crippen molar-refractivity contribution < 1.29 is 0 Å². The smallest absolute Gasteiger partial charge is 0.267 e. The molecule has 3 nitrogen and oxygen atoms in total. The number of hydrogen-bond acceptors (Lipinski definition) is 4. The molecular weight excluding hydrogens is 268 g/mol. The highest BCUT2D eigenvalue weighted by Crippen LogP contribution is 2.23. The van der Waals surface area contributed by atoms with Gasteiger partial charge in [0.2, 0.25) is 0 Å². The highest BCUT2D eigenvalue weighted by Gasteiger charge is 2.05. The van der Waals surface area contributed by atoms with Crippen LogP contribution in [0.4, 0.5) is 0 Å². The normalized spacial score (nSPS) is 10.4. The molecule has 0 N–H and O–H groups in total. The fraction of sp³-hybridized carbons (Fsp3) is 0.0625. The average Bonchev–Trinajstić information content (AvgIpc) is 2.49. The van der Waals surface area contributed by atoms with Gasteiger partial charge in [-0.2, -0.15) is 4.98 Å². The maximum absolute atomic E-state index is 11.8. The largest absolute Gasteiger partial charge is 0.272 e. The van der Waals surface area contributed by atoms with E-state index < -0.39 is 0 Å². The van der Waals surface area contributed by atoms with E-state index in [0.29, 0.717) is 0 Å². The maximum Gasteiger partial charge on any atom is 0.272 e. The molecule has 3 rings (SSSR count). The van der Waals surface area contributed by atoms with E-state index in [1.165, 1.54) is 5.56 Å². The molecule has 2 heterocycles. The summed E-state index contributed by atoms with van der Waals surface area (Å²) in [6, 6.07) is 15.5. The Kier molecular flexibility index (Phi) is 3.65. The van der Waals surface area contributed by atoms with Gasteiger partial charge in [-0.15, -0.1) is 11.3 Å². The third kappa shape index (κ3) is 2.97. The Morgan fingerprint density at radius 3 is 2.50 bits per heavy atom. The van der Waals surface area contributed by atoms with E-state index in [4.69, 9.17) is 0 Å². The van der Waals surface area contributed by atoms with Crippen LogP contribution in [0.3, 0.4) is 0 Å². The number of pyridine rings is 1. The van der Waals surface area contributed by atoms with E-state index in [9.17, 15) is 4.79 Å². The van der Waals surface area contributed by atoms with Crippen LogP contribution in [0.5, 0.6) is 0 Å². The van der Waals surface area contributed by atoms with Crippen molar-refractivity contribution in [3.63, 3.8) is 0 Å². The summed E-state index contributed by atoms with van der Waals surface area (Å²) in [5.41, 5.74) is 1.92. The fourth-order valence-electron chi connectivity index (χ4n) is 1.95. The van der Waals surface area contributed by atoms with Crippen molar-refractivity contribution in [3.8, 4) is 10.6 Å². The highest BCUT2D eigenvalue weighted by atomic mass is 32.1. The predicted octanol–water partition coefficient (Wildman–Crippen LogP) is 3.16. The van der Waals surface area contributed by atoms with Crippen molar-refractivity contribution in [2.75, 3.05) is 0 Å². The van der Waals surface area contributed by atoms with E-state index >= 15 is 0 Å². The lowest BCUT2D eigenvalue weighted by Crippen LogP contribution is -2.05. The number of hydrogen-bond donors (Lipinski definition) is 0. The van der Waals surface area contributed by atoms with Gasteiger partial charge in [0.1, 0.15) is 5.01 Å². The first kappa shape index (κ1) is 12.7. The Morgan fingerprint density at radius 1 is 1.00 bits per heavy atom. The van der Waals surface area contributed by atoms with Gasteiger partial charge in [-0.3, -0.25) is 9.78 Å². The van der Waals surface area contributed by atoms with Gasteiger partial charge in [0.15, 0.2) is 0 Å². The molecule has 0 bridgehead atoms. The van der Waals surface area contributed by atoms with Crippen molar-refractivity contribution in [3.05, 3.63) is 81.7 Å². The Labute approximate surface area is 120 Å². The van der Waals surface area contributed by atoms with E-state index in [0.717, 1.165) is 21.9 Å². The summed E-state index contributed by atoms with van der Waals surface area (Å²) in [6.07, 6.45) is 4.16. The van der Waals surface area contributed by atoms with Gasteiger partial charge in [-0.25, -0.2) is 0 Å². The number of nitrogens with zero attached hydrogens (tertiary/aromatic N) is 2. The summed E-state index contributed by atoms with van der Waals surface area (Å²) in [7, 11) is 0. The molecule has 1 aromatic carbocycles. The van der Waals surface area contributed by atoms with Gasteiger partial charge in [-0.05, 0) is 17.7 Å². The molecule has 0 aliphatic carbocycles. The molecule has 0 radical (unpaired) electrons. The van der Waals surface area contributed by atoms with Crippen molar-refractivity contribution >= 4 is 11.3 Å². The summed E-state index contributed by atoms with van der Waals surface area (Å²) in [5.74, 6) is 0. The quantitative estimate of drug-likeness (QED) is 0.740. The van der Waals surface area contributed by atoms with Crippen molar-refractivity contribution in [1.29, 1.82) is 0 Å². The Balaban J connectivity index is 1.97. The van der Waals surface area contributed by atoms with Crippen LogP contribution in [0, 0.1) is 0 Å². The lowest BCUT2D eigenvalue weighted by Gasteiger charge is -2.03. The van der Waals surface area contributed by atoms with Crippen LogP contribution < -0.4 is 5.56 Å². The van der Waals surface area contributed by atoms with Gasteiger partial charge in [0.05, 0.1) is 0 Å². The molecule has 0 saturated heterocycles. The SMILES string of the molecule is O=c1cc(Cc2ccccc2)sc(-c2ccncc2)n1. The monoisotopic (exact) mass is 280 g/mol. The lowest BCUT2D eigenvalue weighted by atomic mass is 10.1. The lowest BCUT2D eigenvalue weighted by molar-refractivity contribution is 1.19. The minimum atomic E-state index is -0.193. The Morgan fingerprint density at radius 2 is 1.75 bits per heavy atom. The number of benzene rings is 1. The summed E-state index contributed by atoms with van der Waals surface area (Å²) < 4.78 is 0. The Hall–Kier alpha value is -2.33. The highest BCUT2D eigenvalue weighted by molar-refractivity contribution is 7.14. The molecule has 0 aliphatic rings. The molecule has 0 atom stereocenters. The zero-order chi connectivity index (χ0) is 13.8. The van der Waals surface area contributed by atoms with Gasteiger partial charge in [-0.1, -0.05) is 30.3 Å². The minimum absolute atomic E-state index is 0.193. The van der Waals surface area contributed by atoms with Crippen LogP contribution in [0.1, 0.15) is 10.4 Å². The van der Waals surface area contributed by atoms with Crippen molar-refractivity contribution in [1.82, 2.24) is 9.97 Å². The zero-order valence-corrected chi connectivity index (χ0v) is 11.5. The van der Waals surface area contributed by atoms with Crippen LogP contribution in [0.15, 0.2) is 65.7 Å². The zero-order valence-electron chi connectivity index (χ0n) is 10.7. The van der Waals surface area contributed by atoms with Crippen LogP contribution >= 0.6 is 11.3 Å². The standard InChI is InChI=1S/C16H12N2OS/c19-15-11-14(10-12-4-2-1-3-5-12)20-16(18-15)13-6-8-17-9-7-13/h1-9,11H,10H2. The first-order chi connectivity index (χ1) is 9.81. The van der Waals surface area contributed by atoms with Crippen LogP contribution in [-0.4, -0.2) is 9.97 Å². The molecule has 98 valence electrons. The number of rotatable bonds is 3. The second-order valence-electron chi connectivity index (χ2n) is 4.37. The van der Waals surface area contributed by atoms with Gasteiger partial charge >= 0.3 is 0 Å². The molecule has 0 unspecified atom stereocenters. The van der Waals surface area contributed by atoms with Gasteiger partial charge < -0.3 is 0 Å². The molecular formula is C16H12N2OS. The summed E-state index contributed by atoms with van der Waals surface area (Å²) in [5, 5.41) is 0.742. The Bertz CT molecular complexity index is 754. The molecule has 3 aromatic rings. The minimum Gasteiger partial charge on any atom is -0.267 e. The first-order valence-corrected chi connectivity index (χ1v) is 7.08. The predicted molar refractivity (Wildman–Crippen MR) is 80.9 cm³/mol. The maximum atomic E-state index is 11.8. The third-order valence-electron chi connectivity index (χ3n) is 2.87. The van der Waals surface area contributed by atoms with Crippen LogP contribution in [0.25, 0.3) is 10.6 Å². The van der Waals surface area contributed by atoms with Gasteiger partial charge in [0.25, 0.3) is 5.56 Å². The molecule has 20 heavy (non-hydrogen) atoms. The van der Waals surface area contributed by atoms with E-state index in [2.05, 4.69) is 22.1 Å². The second-order valence-corrected chi connectivity index (χ2v) is 5.48. The molecule has 0 saturated carbocycles. The fourth-order valence-corrected chi connectivity index (χ4v) is 2.99. The summed E-state index contributed by atoms with van der Waals surface area (Å²) in [6.45, 7) is 0. The molecule has 0 fully saturated rings. The molecule has 0 spiro atoms. The second kappa shape index (κ2) is 5.75. The van der Waals surface area contributed by atoms with E-state index in [-0.39, 0.29) is 5.56 Å². The third-order valence-corrected chi connectivity index (χ3v) is 3.92. The molecule has 0 aliphatic heterocycles. The van der Waals surface area contributed by atoms with Crippen molar-refractivity contribution in [2.24, 2.45) is 0 Å². The topological polar surface area (TPSA) is 42.9 Å². The van der Waals surface area contributed by atoms with E-state index in [1.807, 2.05) is 30.3 Å². The molecule has 2 aromatic heterocycles.